The number of hydrogen-bond acceptors (Lipinski definition) is 4. The summed E-state index contributed by atoms with van der Waals surface area (Å²) in [5, 5.41) is 3.69. The van der Waals surface area contributed by atoms with Gasteiger partial charge in [0.25, 0.3) is 0 Å². The topological polar surface area (TPSA) is 86.8 Å². The van der Waals surface area contributed by atoms with Crippen molar-refractivity contribution >= 4 is 39.1 Å². The van der Waals surface area contributed by atoms with E-state index in [4.69, 9.17) is 11.6 Å². The molecule has 0 spiro atoms. The highest BCUT2D eigenvalue weighted by Crippen LogP contribution is 2.24. The zero-order chi connectivity index (χ0) is 30.8. The third-order valence-electron chi connectivity index (χ3n) is 7.94. The lowest BCUT2D eigenvalue weighted by Crippen LogP contribution is -2.52. The van der Waals surface area contributed by atoms with Gasteiger partial charge in [-0.25, -0.2) is 8.42 Å². The number of anilines is 1. The number of nitrogens with one attached hydrogen (secondary N) is 1. The Bertz CT molecular complexity index is 1460. The van der Waals surface area contributed by atoms with Gasteiger partial charge in [-0.2, -0.15) is 0 Å². The first-order chi connectivity index (χ1) is 20.6. The van der Waals surface area contributed by atoms with Gasteiger partial charge < -0.3 is 10.2 Å². The Balaban J connectivity index is 1.58. The SMILES string of the molecule is Cc1ccc(CN(C(=O)CCCN(c2cccc(Cl)c2)S(C)(=O)=O)[C@H](Cc2ccccc2)C(=O)NC2CCCCC2)cc1. The number of rotatable bonds is 13. The van der Waals surface area contributed by atoms with E-state index in [9.17, 15) is 18.0 Å². The van der Waals surface area contributed by atoms with Crippen LogP contribution in [-0.2, 0) is 32.6 Å². The van der Waals surface area contributed by atoms with Crippen LogP contribution in [0.3, 0.4) is 0 Å². The van der Waals surface area contributed by atoms with Crippen molar-refractivity contribution in [2.75, 3.05) is 17.1 Å². The van der Waals surface area contributed by atoms with E-state index in [2.05, 4.69) is 5.32 Å². The lowest BCUT2D eigenvalue weighted by Gasteiger charge is -2.34. The molecule has 4 rings (SSSR count). The predicted octanol–water partition coefficient (Wildman–Crippen LogP) is 6.28. The van der Waals surface area contributed by atoms with Gasteiger partial charge in [0, 0.05) is 37.0 Å². The summed E-state index contributed by atoms with van der Waals surface area (Å²) in [4.78, 5) is 29.6. The Morgan fingerprint density at radius 2 is 1.63 bits per heavy atom. The van der Waals surface area contributed by atoms with Crippen molar-refractivity contribution in [3.05, 3.63) is 101 Å². The molecule has 43 heavy (non-hydrogen) atoms. The molecule has 7 nitrogen and oxygen atoms in total. The van der Waals surface area contributed by atoms with Crippen LogP contribution in [0.5, 0.6) is 0 Å². The molecule has 0 aliphatic heterocycles. The molecule has 230 valence electrons. The van der Waals surface area contributed by atoms with E-state index in [1.165, 1.54) is 10.7 Å². The van der Waals surface area contributed by atoms with Gasteiger partial charge in [0.05, 0.1) is 11.9 Å². The summed E-state index contributed by atoms with van der Waals surface area (Å²) < 4.78 is 26.6. The van der Waals surface area contributed by atoms with Crippen LogP contribution in [0.1, 0.15) is 61.6 Å². The number of carbonyl (C=O) groups excluding carboxylic acids is 2. The minimum atomic E-state index is -3.61. The second kappa shape index (κ2) is 15.4. The van der Waals surface area contributed by atoms with Crippen molar-refractivity contribution in [1.29, 1.82) is 0 Å². The monoisotopic (exact) mass is 623 g/mol. The molecule has 2 amide bonds. The molecule has 1 aliphatic rings. The van der Waals surface area contributed by atoms with E-state index >= 15 is 0 Å². The number of nitrogens with zero attached hydrogens (tertiary/aromatic N) is 2. The second-order valence-corrected chi connectivity index (χ2v) is 13.8. The Kier molecular flexibility index (Phi) is 11.7. The van der Waals surface area contributed by atoms with Crippen molar-refractivity contribution in [3.63, 3.8) is 0 Å². The molecule has 3 aromatic rings. The summed E-state index contributed by atoms with van der Waals surface area (Å²) in [6, 6.07) is 23.8. The fourth-order valence-electron chi connectivity index (χ4n) is 5.62. The van der Waals surface area contributed by atoms with Crippen LogP contribution in [-0.4, -0.2) is 50.0 Å². The highest BCUT2D eigenvalue weighted by atomic mass is 35.5. The van der Waals surface area contributed by atoms with Crippen molar-refractivity contribution in [2.24, 2.45) is 0 Å². The Labute approximate surface area is 261 Å². The van der Waals surface area contributed by atoms with E-state index in [0.717, 1.165) is 48.6 Å². The van der Waals surface area contributed by atoms with Gasteiger partial charge in [-0.15, -0.1) is 0 Å². The van der Waals surface area contributed by atoms with E-state index in [1.807, 2.05) is 61.5 Å². The quantitative estimate of drug-likeness (QED) is 0.243. The van der Waals surface area contributed by atoms with Crippen LogP contribution in [0.25, 0.3) is 0 Å². The smallest absolute Gasteiger partial charge is 0.243 e. The van der Waals surface area contributed by atoms with Gasteiger partial charge >= 0.3 is 0 Å². The third-order valence-corrected chi connectivity index (χ3v) is 9.37. The first kappa shape index (κ1) is 32.6. The van der Waals surface area contributed by atoms with Crippen LogP contribution in [0, 0.1) is 6.92 Å². The van der Waals surface area contributed by atoms with E-state index in [-0.39, 0.29) is 43.8 Å². The van der Waals surface area contributed by atoms with Crippen LogP contribution >= 0.6 is 11.6 Å². The summed E-state index contributed by atoms with van der Waals surface area (Å²) in [5.74, 6) is -0.340. The average Bonchev–Trinajstić information content (AvgIpc) is 2.98. The summed E-state index contributed by atoms with van der Waals surface area (Å²) >= 11 is 6.13. The van der Waals surface area contributed by atoms with Crippen LogP contribution < -0.4 is 9.62 Å². The van der Waals surface area contributed by atoms with Gasteiger partial charge in [-0.05, 0) is 55.5 Å². The molecule has 1 saturated carbocycles. The van der Waals surface area contributed by atoms with E-state index in [0.29, 0.717) is 17.1 Å². The molecule has 0 saturated heterocycles. The van der Waals surface area contributed by atoms with Crippen molar-refractivity contribution in [2.45, 2.75) is 76.9 Å². The molecule has 1 atom stereocenters. The lowest BCUT2D eigenvalue weighted by molar-refractivity contribution is -0.141. The molecule has 9 heteroatoms. The summed E-state index contributed by atoms with van der Waals surface area (Å²) in [5.41, 5.74) is 3.46. The number of amides is 2. The van der Waals surface area contributed by atoms with Crippen molar-refractivity contribution in [1.82, 2.24) is 10.2 Å². The molecular weight excluding hydrogens is 582 g/mol. The molecule has 1 aliphatic carbocycles. The third kappa shape index (κ3) is 9.83. The normalized spacial score (nSPS) is 14.6. The van der Waals surface area contributed by atoms with Crippen molar-refractivity contribution in [3.8, 4) is 0 Å². The molecule has 1 fully saturated rings. The molecule has 3 aromatic carbocycles. The average molecular weight is 624 g/mol. The number of halogens is 1. The predicted molar refractivity (Wildman–Crippen MR) is 174 cm³/mol. The summed E-state index contributed by atoms with van der Waals surface area (Å²) in [7, 11) is -3.61. The Morgan fingerprint density at radius 3 is 2.28 bits per heavy atom. The molecule has 0 heterocycles. The first-order valence-electron chi connectivity index (χ1n) is 15.0. The first-order valence-corrected chi connectivity index (χ1v) is 17.3. The van der Waals surface area contributed by atoms with Gasteiger partial charge in [0.1, 0.15) is 6.04 Å². The number of sulfonamides is 1. The minimum Gasteiger partial charge on any atom is -0.352 e. The summed E-state index contributed by atoms with van der Waals surface area (Å²) in [6.45, 7) is 2.40. The maximum Gasteiger partial charge on any atom is 0.243 e. The highest BCUT2D eigenvalue weighted by Gasteiger charge is 2.32. The molecule has 0 bridgehead atoms. The number of aryl methyl sites for hydroxylation is 1. The molecule has 0 aromatic heterocycles. The van der Waals surface area contributed by atoms with Crippen molar-refractivity contribution < 1.29 is 18.0 Å². The molecular formula is C34H42ClN3O4S. The molecule has 0 radical (unpaired) electrons. The number of carbonyl (C=O) groups is 2. The van der Waals surface area contributed by atoms with Crippen LogP contribution in [0.15, 0.2) is 78.9 Å². The van der Waals surface area contributed by atoms with Crippen LogP contribution in [0.4, 0.5) is 5.69 Å². The van der Waals surface area contributed by atoms with E-state index < -0.39 is 16.1 Å². The van der Waals surface area contributed by atoms with E-state index in [1.54, 1.807) is 29.2 Å². The molecule has 1 N–H and O–H groups in total. The number of hydrogen-bond donors (Lipinski definition) is 1. The fraction of sp³-hybridized carbons (Fsp3) is 0.412. The summed E-state index contributed by atoms with van der Waals surface area (Å²) in [6.07, 6.45) is 7.14. The maximum absolute atomic E-state index is 14.0. The Morgan fingerprint density at radius 1 is 0.930 bits per heavy atom. The standard InChI is InChI=1S/C34H42ClN3O4S/c1-26-18-20-28(21-19-26)25-37(33(39)17-10-22-38(43(2,41)42)31-16-9-13-29(35)24-31)32(23-27-11-5-3-6-12-27)34(40)36-30-14-7-4-8-15-30/h3,5-6,9,11-13,16,18-21,24,30,32H,4,7-8,10,14-15,17,22-23,25H2,1-2H3,(H,36,40)/t32-/m1/s1. The van der Waals surface area contributed by atoms with Crippen LogP contribution in [0.2, 0.25) is 5.02 Å². The lowest BCUT2D eigenvalue weighted by atomic mass is 9.94. The molecule has 0 unspecified atom stereocenters. The Hall–Kier alpha value is -3.36. The van der Waals surface area contributed by atoms with Gasteiger partial charge in [-0.3, -0.25) is 13.9 Å². The number of benzene rings is 3. The highest BCUT2D eigenvalue weighted by molar-refractivity contribution is 7.92. The van der Waals surface area contributed by atoms with Gasteiger partial charge in [-0.1, -0.05) is 97.1 Å². The second-order valence-electron chi connectivity index (χ2n) is 11.5. The van der Waals surface area contributed by atoms with Gasteiger partial charge in [0.2, 0.25) is 21.8 Å². The largest absolute Gasteiger partial charge is 0.352 e. The minimum absolute atomic E-state index is 0.0838. The maximum atomic E-state index is 14.0. The van der Waals surface area contributed by atoms with Gasteiger partial charge in [0.15, 0.2) is 0 Å². The fourth-order valence-corrected chi connectivity index (χ4v) is 6.77. The zero-order valence-electron chi connectivity index (χ0n) is 25.0. The zero-order valence-corrected chi connectivity index (χ0v) is 26.6.